The molecule has 10 rings (SSSR count). The molecule has 0 radical (unpaired) electrons. The van der Waals surface area contributed by atoms with Crippen LogP contribution in [-0.2, 0) is 26.0 Å². The van der Waals surface area contributed by atoms with Gasteiger partial charge in [0.25, 0.3) is 14.7 Å². The molecule has 0 bridgehead atoms. The highest BCUT2D eigenvalue weighted by molar-refractivity contribution is 7.67. The molecule has 12 heteroatoms. The summed E-state index contributed by atoms with van der Waals surface area (Å²) in [4.78, 5) is 0. The normalized spacial score (nSPS) is 20.9. The van der Waals surface area contributed by atoms with Crippen LogP contribution < -0.4 is 34.0 Å². The second-order valence-electron chi connectivity index (χ2n) is 13.8. The average Bonchev–Trinajstić information content (AvgIpc) is 3.21. The predicted octanol–water partition coefficient (Wildman–Crippen LogP) is 10.4. The minimum absolute atomic E-state index is 0.0808. The summed E-state index contributed by atoms with van der Waals surface area (Å²) in [6.45, 7) is 0. The van der Waals surface area contributed by atoms with Gasteiger partial charge in [-0.2, -0.15) is 0 Å². The van der Waals surface area contributed by atoms with E-state index < -0.39 is 46.2 Å². The highest BCUT2D eigenvalue weighted by atomic mass is 31.2. The Kier molecular flexibility index (Phi) is 7.88. The maximum atomic E-state index is 15.4. The van der Waals surface area contributed by atoms with E-state index in [9.17, 15) is 10.2 Å². The molecule has 7 aromatic rings. The summed E-state index contributed by atoms with van der Waals surface area (Å²) in [5, 5.41) is 24.6. The predicted molar refractivity (Wildman–Crippen MR) is 217 cm³/mol. The second-order valence-corrected chi connectivity index (χ2v) is 20.3. The van der Waals surface area contributed by atoms with Crippen LogP contribution in [0.4, 0.5) is 0 Å². The quantitative estimate of drug-likeness (QED) is 0.158. The Morgan fingerprint density at radius 2 is 0.768 bits per heavy atom. The lowest BCUT2D eigenvalue weighted by Crippen LogP contribution is -2.23. The molecular formula is C44H31O9P3. The lowest BCUT2D eigenvalue weighted by atomic mass is 10.0. The number of benzene rings is 7. The molecule has 0 amide bonds. The van der Waals surface area contributed by atoms with Gasteiger partial charge in [0.15, 0.2) is 0 Å². The summed E-state index contributed by atoms with van der Waals surface area (Å²) in [6.07, 6.45) is -0.898. The van der Waals surface area contributed by atoms with Crippen LogP contribution in [0, 0.1) is 0 Å². The Balaban J connectivity index is 1.18. The first-order valence-corrected chi connectivity index (χ1v) is 23.0. The summed E-state index contributed by atoms with van der Waals surface area (Å²) in [5.74, 6) is -0.223. The Bertz CT molecular complexity index is 2790. The van der Waals surface area contributed by atoms with E-state index in [1.807, 2.05) is 66.7 Å². The SMILES string of the molecule is O=P1(Cc2c(O)cc(O)c(CP3(=O)Oc4ccccc4-c4ccccc43)c2OP2(=O)Oc3ccccc3-c3ccccc32)Oc2ccccc2-c2ccccc21. The smallest absolute Gasteiger partial charge is 0.463 e. The molecule has 0 spiro atoms. The molecule has 3 aliphatic rings. The highest BCUT2D eigenvalue weighted by Crippen LogP contribution is 2.64. The molecule has 56 heavy (non-hydrogen) atoms. The Labute approximate surface area is 322 Å². The van der Waals surface area contributed by atoms with Gasteiger partial charge in [0.2, 0.25) is 0 Å². The number of phenolic OH excluding ortho intramolecular Hbond substituents is 2. The maximum absolute atomic E-state index is 15.4. The zero-order valence-corrected chi connectivity index (χ0v) is 32.1. The van der Waals surface area contributed by atoms with Gasteiger partial charge in [-0.05, 0) is 47.5 Å². The zero-order chi connectivity index (χ0) is 38.2. The Morgan fingerprint density at radius 1 is 0.429 bits per heavy atom. The Morgan fingerprint density at radius 3 is 1.21 bits per heavy atom. The third-order valence-corrected chi connectivity index (χ3v) is 16.9. The molecule has 276 valence electrons. The van der Waals surface area contributed by atoms with E-state index in [0.717, 1.165) is 17.2 Å². The molecule has 3 unspecified atom stereocenters. The minimum Gasteiger partial charge on any atom is -0.507 e. The fourth-order valence-electron chi connectivity index (χ4n) is 7.81. The molecule has 7 aromatic carbocycles. The Hall–Kier alpha value is -5.97. The van der Waals surface area contributed by atoms with Crippen molar-refractivity contribution >= 4 is 38.2 Å². The lowest BCUT2D eigenvalue weighted by Gasteiger charge is -2.33. The third-order valence-electron chi connectivity index (χ3n) is 10.4. The molecule has 2 N–H and O–H groups in total. The summed E-state index contributed by atoms with van der Waals surface area (Å²) < 4.78 is 71.6. The third kappa shape index (κ3) is 5.42. The van der Waals surface area contributed by atoms with E-state index in [0.29, 0.717) is 50.1 Å². The van der Waals surface area contributed by atoms with E-state index in [2.05, 4.69) is 0 Å². The van der Waals surface area contributed by atoms with Crippen LogP contribution in [0.15, 0.2) is 152 Å². The van der Waals surface area contributed by atoms with Crippen molar-refractivity contribution in [1.29, 1.82) is 0 Å². The van der Waals surface area contributed by atoms with Crippen LogP contribution in [0.3, 0.4) is 0 Å². The first-order valence-electron chi connectivity index (χ1n) is 17.8. The lowest BCUT2D eigenvalue weighted by molar-refractivity contribution is 0.386. The van der Waals surface area contributed by atoms with Gasteiger partial charge < -0.3 is 28.3 Å². The molecule has 3 aliphatic heterocycles. The van der Waals surface area contributed by atoms with Gasteiger partial charge in [-0.3, -0.25) is 9.13 Å². The standard InChI is InChI=1S/C44H31O9P3/c45-36-25-37(46)35(27-55(48)42-23-11-5-17-32(42)29-14-2-8-20-39(29)51-55)44(53-56(49)43-24-12-6-18-33(43)30-15-3-9-21-40(30)52-56)34(36)26-54(47)41-22-10-4-16-31(41)28-13-1-7-19-38(28)50-54/h1-25,45-46H,26-27H2. The van der Waals surface area contributed by atoms with Gasteiger partial charge in [0.05, 0.1) is 28.2 Å². The van der Waals surface area contributed by atoms with Crippen LogP contribution in [0.25, 0.3) is 33.4 Å². The van der Waals surface area contributed by atoms with E-state index in [1.165, 1.54) is 0 Å². The van der Waals surface area contributed by atoms with Gasteiger partial charge >= 0.3 is 7.60 Å². The van der Waals surface area contributed by atoms with Gasteiger partial charge in [0.1, 0.15) is 34.5 Å². The van der Waals surface area contributed by atoms with Gasteiger partial charge in [-0.1, -0.05) is 109 Å². The molecule has 3 heterocycles. The van der Waals surface area contributed by atoms with Gasteiger partial charge in [-0.25, -0.2) is 4.57 Å². The monoisotopic (exact) mass is 796 g/mol. The van der Waals surface area contributed by atoms with E-state index >= 15 is 13.7 Å². The van der Waals surface area contributed by atoms with E-state index in [4.69, 9.17) is 18.1 Å². The van der Waals surface area contributed by atoms with Crippen molar-refractivity contribution in [3.63, 3.8) is 0 Å². The van der Waals surface area contributed by atoms with Crippen molar-refractivity contribution in [2.24, 2.45) is 0 Å². The average molecular weight is 797 g/mol. The fourth-order valence-corrected chi connectivity index (χ4v) is 14.5. The topological polar surface area (TPSA) is 129 Å². The van der Waals surface area contributed by atoms with Crippen molar-refractivity contribution in [1.82, 2.24) is 0 Å². The van der Waals surface area contributed by atoms with Crippen LogP contribution in [-0.4, -0.2) is 10.2 Å². The highest BCUT2D eigenvalue weighted by Gasteiger charge is 2.45. The number of phenols is 2. The summed E-state index contributed by atoms with van der Waals surface area (Å²) in [6, 6.07) is 44.0. The molecule has 9 nitrogen and oxygen atoms in total. The maximum Gasteiger partial charge on any atom is 0.463 e. The first-order chi connectivity index (χ1) is 27.1. The molecule has 0 fully saturated rings. The summed E-state index contributed by atoms with van der Waals surface area (Å²) in [5.41, 5.74) is 4.04. The molecule has 0 aromatic heterocycles. The number of hydrogen-bond donors (Lipinski definition) is 2. The number of para-hydroxylation sites is 3. The molecule has 3 atom stereocenters. The van der Waals surface area contributed by atoms with Crippen molar-refractivity contribution in [3.8, 4) is 67.9 Å². The summed E-state index contributed by atoms with van der Waals surface area (Å²) in [7, 11) is -12.3. The first kappa shape index (κ1) is 34.5. The minimum atomic E-state index is -4.42. The zero-order valence-electron chi connectivity index (χ0n) is 29.4. The number of fused-ring (bicyclic) bond motifs is 9. The van der Waals surface area contributed by atoms with E-state index in [1.54, 1.807) is 78.9 Å². The van der Waals surface area contributed by atoms with Crippen LogP contribution >= 0.6 is 22.3 Å². The van der Waals surface area contributed by atoms with Gasteiger partial charge in [0, 0.05) is 39.4 Å². The molecule has 0 saturated carbocycles. The van der Waals surface area contributed by atoms with Crippen LogP contribution in [0.2, 0.25) is 0 Å². The number of rotatable bonds is 6. The fraction of sp³-hybridized carbons (Fsp3) is 0.0455. The second kappa shape index (κ2) is 12.8. The van der Waals surface area contributed by atoms with E-state index in [-0.39, 0.29) is 22.2 Å². The van der Waals surface area contributed by atoms with Crippen molar-refractivity contribution in [2.45, 2.75) is 12.3 Å². The largest absolute Gasteiger partial charge is 0.507 e. The number of hydrogen-bond acceptors (Lipinski definition) is 9. The molecule has 0 saturated heterocycles. The van der Waals surface area contributed by atoms with Crippen LogP contribution in [0.5, 0.6) is 34.5 Å². The van der Waals surface area contributed by atoms with Crippen LogP contribution in [0.1, 0.15) is 11.1 Å². The molecular weight excluding hydrogens is 765 g/mol. The van der Waals surface area contributed by atoms with Crippen molar-refractivity contribution < 1.29 is 42.0 Å². The van der Waals surface area contributed by atoms with Crippen molar-refractivity contribution in [2.75, 3.05) is 0 Å². The number of aromatic hydroxyl groups is 2. The molecule has 0 aliphatic carbocycles. The summed E-state index contributed by atoms with van der Waals surface area (Å²) >= 11 is 0. The van der Waals surface area contributed by atoms with Crippen molar-refractivity contribution in [3.05, 3.63) is 163 Å². The van der Waals surface area contributed by atoms with Gasteiger partial charge in [-0.15, -0.1) is 0 Å².